The van der Waals surface area contributed by atoms with Gasteiger partial charge in [-0.2, -0.15) is 0 Å². The maximum Gasteiger partial charge on any atom is 0.310 e. The van der Waals surface area contributed by atoms with Gasteiger partial charge in [0.1, 0.15) is 0 Å². The number of carbonyl (C=O) groups is 1. The zero-order valence-electron chi connectivity index (χ0n) is 11.3. The Hall–Kier alpha value is -0.610. The lowest BCUT2D eigenvalue weighted by atomic mass is 9.76. The van der Waals surface area contributed by atoms with E-state index in [0.717, 1.165) is 51.5 Å². The highest BCUT2D eigenvalue weighted by Gasteiger charge is 2.44. The molecular weight excluding hydrogens is 230 g/mol. The van der Waals surface area contributed by atoms with Crippen LogP contribution in [0.15, 0.2) is 0 Å². The van der Waals surface area contributed by atoms with Gasteiger partial charge in [-0.3, -0.25) is 9.69 Å². The molecule has 3 atom stereocenters. The third-order valence-corrected chi connectivity index (χ3v) is 4.70. The van der Waals surface area contributed by atoms with Crippen LogP contribution in [-0.2, 0) is 4.79 Å². The Morgan fingerprint density at radius 2 is 2.17 bits per heavy atom. The Morgan fingerprint density at radius 1 is 1.39 bits per heavy atom. The van der Waals surface area contributed by atoms with Crippen molar-refractivity contribution in [3.63, 3.8) is 0 Å². The van der Waals surface area contributed by atoms with Gasteiger partial charge in [-0.1, -0.05) is 13.3 Å². The van der Waals surface area contributed by atoms with Gasteiger partial charge < -0.3 is 10.2 Å². The summed E-state index contributed by atoms with van der Waals surface area (Å²) in [7, 11) is 0. The fourth-order valence-corrected chi connectivity index (χ4v) is 3.76. The summed E-state index contributed by atoms with van der Waals surface area (Å²) in [4.78, 5) is 13.9. The van der Waals surface area contributed by atoms with E-state index in [2.05, 4.69) is 4.90 Å². The summed E-state index contributed by atoms with van der Waals surface area (Å²) in [5.74, 6) is -0.651. The van der Waals surface area contributed by atoms with Crippen LogP contribution in [0.2, 0.25) is 0 Å². The molecule has 2 N–H and O–H groups in total. The minimum absolute atomic E-state index is 0.195. The molecule has 0 bridgehead atoms. The Balaban J connectivity index is 2.08. The normalized spacial score (nSPS) is 37.9. The van der Waals surface area contributed by atoms with E-state index < -0.39 is 11.4 Å². The van der Waals surface area contributed by atoms with Crippen LogP contribution < -0.4 is 0 Å². The molecule has 104 valence electrons. The third kappa shape index (κ3) is 2.54. The van der Waals surface area contributed by atoms with Crippen molar-refractivity contribution in [1.29, 1.82) is 0 Å². The van der Waals surface area contributed by atoms with Gasteiger partial charge in [0, 0.05) is 12.6 Å². The van der Waals surface area contributed by atoms with Crippen LogP contribution in [0.1, 0.15) is 51.9 Å². The van der Waals surface area contributed by atoms with Crippen LogP contribution in [-0.4, -0.2) is 46.3 Å². The van der Waals surface area contributed by atoms with Crippen LogP contribution in [0.3, 0.4) is 0 Å². The third-order valence-electron chi connectivity index (χ3n) is 4.70. The molecule has 1 aliphatic carbocycles. The van der Waals surface area contributed by atoms with E-state index in [1.807, 2.05) is 6.92 Å². The van der Waals surface area contributed by atoms with Crippen molar-refractivity contribution in [3.05, 3.63) is 0 Å². The quantitative estimate of drug-likeness (QED) is 0.805. The molecule has 0 aromatic carbocycles. The van der Waals surface area contributed by atoms with E-state index in [-0.39, 0.29) is 12.1 Å². The Kier molecular flexibility index (Phi) is 4.28. The molecule has 2 rings (SSSR count). The molecule has 3 unspecified atom stereocenters. The number of aliphatic carboxylic acids is 1. The van der Waals surface area contributed by atoms with Crippen molar-refractivity contribution >= 4 is 5.97 Å². The lowest BCUT2D eigenvalue weighted by Crippen LogP contribution is -2.53. The summed E-state index contributed by atoms with van der Waals surface area (Å²) >= 11 is 0. The van der Waals surface area contributed by atoms with E-state index in [1.165, 1.54) is 0 Å². The summed E-state index contributed by atoms with van der Waals surface area (Å²) in [6.45, 7) is 3.62. The van der Waals surface area contributed by atoms with Crippen LogP contribution in [0.25, 0.3) is 0 Å². The number of nitrogens with zero attached hydrogens (tertiary/aromatic N) is 1. The van der Waals surface area contributed by atoms with Gasteiger partial charge in [0.2, 0.25) is 0 Å². The molecule has 0 aromatic heterocycles. The van der Waals surface area contributed by atoms with Crippen LogP contribution >= 0.6 is 0 Å². The van der Waals surface area contributed by atoms with E-state index >= 15 is 0 Å². The molecular formula is C14H25NO3. The van der Waals surface area contributed by atoms with Crippen LogP contribution in [0, 0.1) is 5.41 Å². The monoisotopic (exact) mass is 255 g/mol. The average molecular weight is 255 g/mol. The molecule has 0 radical (unpaired) electrons. The van der Waals surface area contributed by atoms with E-state index in [1.54, 1.807) is 0 Å². The fraction of sp³-hybridized carbons (Fsp3) is 0.929. The smallest absolute Gasteiger partial charge is 0.310 e. The number of hydrogen-bond donors (Lipinski definition) is 2. The molecule has 2 aliphatic rings. The molecule has 2 fully saturated rings. The predicted molar refractivity (Wildman–Crippen MR) is 69.4 cm³/mol. The van der Waals surface area contributed by atoms with Gasteiger partial charge in [-0.25, -0.2) is 0 Å². The Morgan fingerprint density at radius 3 is 2.72 bits per heavy atom. The summed E-state index contributed by atoms with van der Waals surface area (Å²) in [5.41, 5.74) is -0.574. The fourth-order valence-electron chi connectivity index (χ4n) is 3.76. The summed E-state index contributed by atoms with van der Waals surface area (Å²) in [6, 6.07) is 0.195. The van der Waals surface area contributed by atoms with E-state index in [0.29, 0.717) is 6.54 Å². The lowest BCUT2D eigenvalue weighted by Gasteiger charge is -2.43. The van der Waals surface area contributed by atoms with Crippen molar-refractivity contribution in [1.82, 2.24) is 4.90 Å². The minimum atomic E-state index is -0.651. The summed E-state index contributed by atoms with van der Waals surface area (Å²) in [6.07, 6.45) is 6.09. The number of hydrogen-bond acceptors (Lipinski definition) is 3. The summed E-state index contributed by atoms with van der Waals surface area (Å²) < 4.78 is 0. The van der Waals surface area contributed by atoms with E-state index in [4.69, 9.17) is 0 Å². The highest BCUT2D eigenvalue weighted by Crippen LogP contribution is 2.38. The standard InChI is InChI=1S/C14H25NO3/c1-2-7-14(13(17)18)8-4-9-15(10-14)11-5-3-6-12(11)16/h11-12,16H,2-10H2,1H3,(H,17,18). The molecule has 0 amide bonds. The Bertz CT molecular complexity index is 303. The maximum atomic E-state index is 11.6. The molecule has 4 nitrogen and oxygen atoms in total. The zero-order valence-corrected chi connectivity index (χ0v) is 11.3. The molecule has 0 aromatic rings. The van der Waals surface area contributed by atoms with Crippen molar-refractivity contribution in [2.24, 2.45) is 5.41 Å². The number of piperidine rings is 1. The molecule has 0 spiro atoms. The number of aliphatic hydroxyl groups excluding tert-OH is 1. The zero-order chi connectivity index (χ0) is 13.2. The Labute approximate surface area is 109 Å². The first-order valence-corrected chi connectivity index (χ1v) is 7.24. The SMILES string of the molecule is CCCC1(C(=O)O)CCCN(C2CCCC2O)C1. The first kappa shape index (κ1) is 13.8. The van der Waals surface area contributed by atoms with Crippen molar-refractivity contribution in [2.45, 2.75) is 64.0 Å². The van der Waals surface area contributed by atoms with Crippen molar-refractivity contribution in [2.75, 3.05) is 13.1 Å². The summed E-state index contributed by atoms with van der Waals surface area (Å²) in [5, 5.41) is 19.5. The second-order valence-corrected chi connectivity index (χ2v) is 5.98. The lowest BCUT2D eigenvalue weighted by molar-refractivity contribution is -0.154. The first-order valence-electron chi connectivity index (χ1n) is 7.24. The number of aliphatic hydroxyl groups is 1. The highest BCUT2D eigenvalue weighted by molar-refractivity contribution is 5.75. The number of likely N-dealkylation sites (tertiary alicyclic amines) is 1. The molecule has 1 aliphatic heterocycles. The maximum absolute atomic E-state index is 11.6. The van der Waals surface area contributed by atoms with Crippen molar-refractivity contribution < 1.29 is 15.0 Å². The van der Waals surface area contributed by atoms with Crippen LogP contribution in [0.5, 0.6) is 0 Å². The number of carboxylic acids is 1. The topological polar surface area (TPSA) is 60.8 Å². The number of carboxylic acid groups (broad SMARTS) is 1. The van der Waals surface area contributed by atoms with Gasteiger partial charge in [0.15, 0.2) is 0 Å². The minimum Gasteiger partial charge on any atom is -0.481 e. The molecule has 1 heterocycles. The van der Waals surface area contributed by atoms with Crippen LogP contribution in [0.4, 0.5) is 0 Å². The predicted octanol–water partition coefficient (Wildman–Crippen LogP) is 1.87. The second kappa shape index (κ2) is 5.57. The van der Waals surface area contributed by atoms with Crippen molar-refractivity contribution in [3.8, 4) is 0 Å². The average Bonchev–Trinajstić information content (AvgIpc) is 2.76. The van der Waals surface area contributed by atoms with Gasteiger partial charge in [-0.05, 0) is 45.1 Å². The molecule has 1 saturated carbocycles. The van der Waals surface area contributed by atoms with Gasteiger partial charge in [0.25, 0.3) is 0 Å². The van der Waals surface area contributed by atoms with E-state index in [9.17, 15) is 15.0 Å². The molecule has 18 heavy (non-hydrogen) atoms. The second-order valence-electron chi connectivity index (χ2n) is 5.98. The van der Waals surface area contributed by atoms with Gasteiger partial charge in [0.05, 0.1) is 11.5 Å². The largest absolute Gasteiger partial charge is 0.481 e. The van der Waals surface area contributed by atoms with Gasteiger partial charge >= 0.3 is 5.97 Å². The number of rotatable bonds is 4. The highest BCUT2D eigenvalue weighted by atomic mass is 16.4. The van der Waals surface area contributed by atoms with Gasteiger partial charge in [-0.15, -0.1) is 0 Å². The first-order chi connectivity index (χ1) is 8.59. The molecule has 4 heteroatoms. The molecule has 1 saturated heterocycles.